The smallest absolute Gasteiger partial charge is 0.303 e. The van der Waals surface area contributed by atoms with Crippen LogP contribution in [0.3, 0.4) is 0 Å². The molecule has 1 atom stereocenters. The highest BCUT2D eigenvalue weighted by atomic mass is 16.4. The van der Waals surface area contributed by atoms with Crippen LogP contribution in [0.4, 0.5) is 0 Å². The Morgan fingerprint density at radius 3 is 2.53 bits per heavy atom. The van der Waals surface area contributed by atoms with Crippen molar-refractivity contribution in [2.45, 2.75) is 51.0 Å². The Labute approximate surface area is 91.4 Å². The average molecular weight is 211 g/mol. The van der Waals surface area contributed by atoms with Crippen LogP contribution in [0, 0.1) is 5.41 Å². The van der Waals surface area contributed by atoms with Gasteiger partial charge in [0.1, 0.15) is 0 Å². The standard InChI is InChI=1S/C12H21NO2/c1-2-6-10(13)12(9-11(14)15)7-4-3-5-8-12/h2,10H,1,3-9,13H2,(H,14,15). The number of hydrogen-bond acceptors (Lipinski definition) is 2. The average Bonchev–Trinajstić information content (AvgIpc) is 2.18. The van der Waals surface area contributed by atoms with E-state index in [0.717, 1.165) is 25.7 Å². The Hall–Kier alpha value is -0.830. The zero-order chi connectivity index (χ0) is 11.3. The van der Waals surface area contributed by atoms with Gasteiger partial charge in [-0.25, -0.2) is 0 Å². The van der Waals surface area contributed by atoms with E-state index in [2.05, 4.69) is 6.58 Å². The Kier molecular flexibility index (Phi) is 4.33. The number of carboxylic acid groups (broad SMARTS) is 1. The second-order valence-corrected chi connectivity index (χ2v) is 4.62. The minimum Gasteiger partial charge on any atom is -0.481 e. The van der Waals surface area contributed by atoms with Crippen LogP contribution < -0.4 is 5.73 Å². The Balaban J connectivity index is 2.73. The number of rotatable bonds is 5. The highest BCUT2D eigenvalue weighted by molar-refractivity contribution is 5.67. The molecule has 0 bridgehead atoms. The molecule has 0 aliphatic heterocycles. The van der Waals surface area contributed by atoms with Crippen molar-refractivity contribution in [2.24, 2.45) is 11.1 Å². The maximum absolute atomic E-state index is 10.9. The van der Waals surface area contributed by atoms with Gasteiger partial charge in [0.15, 0.2) is 0 Å². The molecule has 1 saturated carbocycles. The fourth-order valence-corrected chi connectivity index (χ4v) is 2.67. The van der Waals surface area contributed by atoms with Gasteiger partial charge in [-0.2, -0.15) is 0 Å². The van der Waals surface area contributed by atoms with Gasteiger partial charge in [-0.05, 0) is 24.7 Å². The number of carbonyl (C=O) groups is 1. The third kappa shape index (κ3) is 3.06. The Morgan fingerprint density at radius 1 is 1.47 bits per heavy atom. The molecule has 1 rings (SSSR count). The fourth-order valence-electron chi connectivity index (χ4n) is 2.67. The summed E-state index contributed by atoms with van der Waals surface area (Å²) in [5.74, 6) is -0.726. The van der Waals surface area contributed by atoms with Crippen LogP contribution in [0.5, 0.6) is 0 Å². The van der Waals surface area contributed by atoms with Crippen molar-refractivity contribution in [1.82, 2.24) is 0 Å². The molecule has 0 aromatic heterocycles. The second-order valence-electron chi connectivity index (χ2n) is 4.62. The van der Waals surface area contributed by atoms with Crippen LogP contribution in [-0.4, -0.2) is 17.1 Å². The van der Waals surface area contributed by atoms with Crippen LogP contribution in [0.15, 0.2) is 12.7 Å². The molecule has 0 aromatic rings. The van der Waals surface area contributed by atoms with E-state index < -0.39 is 5.97 Å². The van der Waals surface area contributed by atoms with Crippen molar-refractivity contribution in [3.05, 3.63) is 12.7 Å². The molecule has 86 valence electrons. The van der Waals surface area contributed by atoms with Gasteiger partial charge in [0.2, 0.25) is 0 Å². The van der Waals surface area contributed by atoms with Gasteiger partial charge in [-0.15, -0.1) is 6.58 Å². The van der Waals surface area contributed by atoms with Crippen molar-refractivity contribution in [3.63, 3.8) is 0 Å². The van der Waals surface area contributed by atoms with Crippen molar-refractivity contribution in [1.29, 1.82) is 0 Å². The molecule has 1 aliphatic rings. The summed E-state index contributed by atoms with van der Waals surface area (Å²) < 4.78 is 0. The second kappa shape index (κ2) is 5.31. The largest absolute Gasteiger partial charge is 0.481 e. The molecular formula is C12H21NO2. The molecule has 0 spiro atoms. The summed E-state index contributed by atoms with van der Waals surface area (Å²) in [6.45, 7) is 3.68. The van der Waals surface area contributed by atoms with E-state index >= 15 is 0 Å². The predicted octanol–water partition coefficient (Wildman–Crippen LogP) is 2.32. The highest BCUT2D eigenvalue weighted by Gasteiger charge is 2.39. The van der Waals surface area contributed by atoms with Gasteiger partial charge in [-0.1, -0.05) is 25.3 Å². The molecule has 0 heterocycles. The summed E-state index contributed by atoms with van der Waals surface area (Å²) in [5.41, 5.74) is 5.93. The van der Waals surface area contributed by atoms with Crippen LogP contribution in [0.1, 0.15) is 44.9 Å². The molecule has 1 unspecified atom stereocenters. The Bertz CT molecular complexity index is 232. The van der Waals surface area contributed by atoms with Crippen molar-refractivity contribution >= 4 is 5.97 Å². The van der Waals surface area contributed by atoms with Gasteiger partial charge in [0.25, 0.3) is 0 Å². The van der Waals surface area contributed by atoms with Gasteiger partial charge in [0.05, 0.1) is 6.42 Å². The quantitative estimate of drug-likeness (QED) is 0.686. The van der Waals surface area contributed by atoms with E-state index in [0.29, 0.717) is 6.42 Å². The summed E-state index contributed by atoms with van der Waals surface area (Å²) in [7, 11) is 0. The van der Waals surface area contributed by atoms with E-state index in [4.69, 9.17) is 10.8 Å². The first-order valence-corrected chi connectivity index (χ1v) is 5.69. The third-order valence-corrected chi connectivity index (χ3v) is 3.56. The van der Waals surface area contributed by atoms with Gasteiger partial charge in [-0.3, -0.25) is 4.79 Å². The molecule has 0 radical (unpaired) electrons. The third-order valence-electron chi connectivity index (χ3n) is 3.56. The molecule has 0 amide bonds. The van der Waals surface area contributed by atoms with Crippen LogP contribution in [0.2, 0.25) is 0 Å². The van der Waals surface area contributed by atoms with E-state index in [1.54, 1.807) is 6.08 Å². The number of nitrogens with two attached hydrogens (primary N) is 1. The number of carboxylic acids is 1. The normalized spacial score (nSPS) is 21.9. The summed E-state index contributed by atoms with van der Waals surface area (Å²) in [6, 6.07) is -0.0496. The van der Waals surface area contributed by atoms with Gasteiger partial charge < -0.3 is 10.8 Å². The molecule has 3 heteroatoms. The molecule has 3 nitrogen and oxygen atoms in total. The molecule has 0 aromatic carbocycles. The number of aliphatic carboxylic acids is 1. The monoisotopic (exact) mass is 211 g/mol. The van der Waals surface area contributed by atoms with Crippen molar-refractivity contribution in [3.8, 4) is 0 Å². The summed E-state index contributed by atoms with van der Waals surface area (Å²) in [5, 5.41) is 8.97. The minimum atomic E-state index is -0.726. The lowest BCUT2D eigenvalue weighted by molar-refractivity contribution is -0.140. The molecule has 3 N–H and O–H groups in total. The lowest BCUT2D eigenvalue weighted by Crippen LogP contribution is -2.44. The lowest BCUT2D eigenvalue weighted by atomic mass is 9.66. The maximum Gasteiger partial charge on any atom is 0.303 e. The number of hydrogen-bond donors (Lipinski definition) is 2. The van der Waals surface area contributed by atoms with E-state index in [1.807, 2.05) is 0 Å². The van der Waals surface area contributed by atoms with E-state index in [1.165, 1.54) is 6.42 Å². The first kappa shape index (κ1) is 12.2. The van der Waals surface area contributed by atoms with Crippen LogP contribution in [0.25, 0.3) is 0 Å². The van der Waals surface area contributed by atoms with E-state index in [-0.39, 0.29) is 17.9 Å². The van der Waals surface area contributed by atoms with Crippen molar-refractivity contribution < 1.29 is 9.90 Å². The first-order valence-electron chi connectivity index (χ1n) is 5.69. The summed E-state index contributed by atoms with van der Waals surface area (Å²) in [4.78, 5) is 10.9. The maximum atomic E-state index is 10.9. The van der Waals surface area contributed by atoms with Crippen LogP contribution >= 0.6 is 0 Å². The first-order chi connectivity index (χ1) is 7.10. The predicted molar refractivity (Wildman–Crippen MR) is 60.6 cm³/mol. The zero-order valence-corrected chi connectivity index (χ0v) is 9.24. The SMILES string of the molecule is C=CCC(N)C1(CC(=O)O)CCCCC1. The molecule has 1 aliphatic carbocycles. The molecular weight excluding hydrogens is 190 g/mol. The summed E-state index contributed by atoms with van der Waals surface area (Å²) >= 11 is 0. The molecule has 0 saturated heterocycles. The molecule has 1 fully saturated rings. The lowest BCUT2D eigenvalue weighted by Gasteiger charge is -2.40. The topological polar surface area (TPSA) is 63.3 Å². The summed E-state index contributed by atoms with van der Waals surface area (Å²) in [6.07, 6.45) is 8.05. The highest BCUT2D eigenvalue weighted by Crippen LogP contribution is 2.42. The van der Waals surface area contributed by atoms with Crippen molar-refractivity contribution in [2.75, 3.05) is 0 Å². The fraction of sp³-hybridized carbons (Fsp3) is 0.750. The van der Waals surface area contributed by atoms with Gasteiger partial charge in [0, 0.05) is 6.04 Å². The van der Waals surface area contributed by atoms with Gasteiger partial charge >= 0.3 is 5.97 Å². The van der Waals surface area contributed by atoms with E-state index in [9.17, 15) is 4.79 Å². The molecule has 15 heavy (non-hydrogen) atoms. The minimum absolute atomic E-state index is 0.0496. The Morgan fingerprint density at radius 2 is 2.07 bits per heavy atom. The van der Waals surface area contributed by atoms with Crippen LogP contribution in [-0.2, 0) is 4.79 Å². The zero-order valence-electron chi connectivity index (χ0n) is 9.24.